The van der Waals surface area contributed by atoms with Gasteiger partial charge in [0.05, 0.1) is 5.56 Å². The van der Waals surface area contributed by atoms with Gasteiger partial charge in [0, 0.05) is 6.07 Å². The number of phenolic OH excluding ortho intramolecular Hbond substituents is 1. The van der Waals surface area contributed by atoms with Gasteiger partial charge in [-0.05, 0) is 36.8 Å². The van der Waals surface area contributed by atoms with Crippen LogP contribution < -0.4 is 10.5 Å². The van der Waals surface area contributed by atoms with E-state index >= 15 is 0 Å². The zero-order chi connectivity index (χ0) is 13.1. The highest BCUT2D eigenvalue weighted by Crippen LogP contribution is 2.28. The second-order valence-electron chi connectivity index (χ2n) is 3.96. The predicted octanol–water partition coefficient (Wildman–Crippen LogP) is 2.59. The van der Waals surface area contributed by atoms with Gasteiger partial charge in [-0.15, -0.1) is 0 Å². The third-order valence-corrected chi connectivity index (χ3v) is 2.45. The SMILES string of the molecule is Cc1ccc(C(N)=O)c(Oc2cccc(O)c2)c1. The van der Waals surface area contributed by atoms with Gasteiger partial charge >= 0.3 is 0 Å². The Hall–Kier alpha value is -2.49. The first-order valence-electron chi connectivity index (χ1n) is 5.43. The molecule has 0 radical (unpaired) electrons. The van der Waals surface area contributed by atoms with Crippen LogP contribution in [0, 0.1) is 6.92 Å². The van der Waals surface area contributed by atoms with Crippen molar-refractivity contribution >= 4 is 5.91 Å². The van der Waals surface area contributed by atoms with Crippen molar-refractivity contribution in [2.45, 2.75) is 6.92 Å². The summed E-state index contributed by atoms with van der Waals surface area (Å²) in [6.45, 7) is 1.89. The van der Waals surface area contributed by atoms with Crippen molar-refractivity contribution in [3.63, 3.8) is 0 Å². The van der Waals surface area contributed by atoms with E-state index in [0.717, 1.165) is 5.56 Å². The van der Waals surface area contributed by atoms with Crippen LogP contribution in [0.2, 0.25) is 0 Å². The fraction of sp³-hybridized carbons (Fsp3) is 0.0714. The third kappa shape index (κ3) is 2.60. The minimum absolute atomic E-state index is 0.0979. The predicted molar refractivity (Wildman–Crippen MR) is 67.9 cm³/mol. The van der Waals surface area contributed by atoms with Gasteiger partial charge < -0.3 is 15.6 Å². The highest BCUT2D eigenvalue weighted by atomic mass is 16.5. The van der Waals surface area contributed by atoms with E-state index < -0.39 is 5.91 Å². The average molecular weight is 243 g/mol. The number of aromatic hydroxyl groups is 1. The van der Waals surface area contributed by atoms with E-state index in [4.69, 9.17) is 10.5 Å². The van der Waals surface area contributed by atoms with Crippen LogP contribution in [0.15, 0.2) is 42.5 Å². The molecule has 0 aliphatic carbocycles. The summed E-state index contributed by atoms with van der Waals surface area (Å²) >= 11 is 0. The van der Waals surface area contributed by atoms with Crippen LogP contribution in [-0.4, -0.2) is 11.0 Å². The molecule has 0 aliphatic rings. The van der Waals surface area contributed by atoms with Gasteiger partial charge in [0.2, 0.25) is 0 Å². The quantitative estimate of drug-likeness (QED) is 0.870. The molecule has 4 nitrogen and oxygen atoms in total. The molecule has 0 unspecified atom stereocenters. The standard InChI is InChI=1S/C14H13NO3/c1-9-5-6-12(14(15)17)13(7-9)18-11-4-2-3-10(16)8-11/h2-8,16H,1H3,(H2,15,17). The van der Waals surface area contributed by atoms with Crippen LogP contribution in [0.5, 0.6) is 17.2 Å². The first-order valence-corrected chi connectivity index (χ1v) is 5.43. The molecule has 0 bridgehead atoms. The maximum absolute atomic E-state index is 11.3. The van der Waals surface area contributed by atoms with E-state index in [1.807, 2.05) is 6.92 Å². The molecular formula is C14H13NO3. The number of carbonyl (C=O) groups excluding carboxylic acids is 1. The van der Waals surface area contributed by atoms with Crippen LogP contribution in [0.3, 0.4) is 0 Å². The first kappa shape index (κ1) is 12.0. The number of aryl methyl sites for hydroxylation is 1. The number of hydrogen-bond acceptors (Lipinski definition) is 3. The van der Waals surface area contributed by atoms with Gasteiger partial charge in [-0.1, -0.05) is 12.1 Å². The van der Waals surface area contributed by atoms with E-state index in [2.05, 4.69) is 0 Å². The number of rotatable bonds is 3. The van der Waals surface area contributed by atoms with Crippen LogP contribution in [0.4, 0.5) is 0 Å². The molecule has 3 N–H and O–H groups in total. The van der Waals surface area contributed by atoms with E-state index in [-0.39, 0.29) is 5.75 Å². The van der Waals surface area contributed by atoms with Crippen molar-refractivity contribution in [3.05, 3.63) is 53.6 Å². The fourth-order valence-electron chi connectivity index (χ4n) is 1.59. The van der Waals surface area contributed by atoms with Gasteiger partial charge in [0.1, 0.15) is 17.2 Å². The summed E-state index contributed by atoms with van der Waals surface area (Å²) in [5.41, 5.74) is 6.54. The molecule has 92 valence electrons. The third-order valence-electron chi connectivity index (χ3n) is 2.45. The molecule has 0 aromatic heterocycles. The van der Waals surface area contributed by atoms with Crippen LogP contribution in [0.1, 0.15) is 15.9 Å². The van der Waals surface area contributed by atoms with E-state index in [1.54, 1.807) is 30.3 Å². The van der Waals surface area contributed by atoms with Crippen LogP contribution in [-0.2, 0) is 0 Å². The van der Waals surface area contributed by atoms with E-state index in [9.17, 15) is 9.90 Å². The highest BCUT2D eigenvalue weighted by molar-refractivity contribution is 5.95. The average Bonchev–Trinajstić information content (AvgIpc) is 2.28. The Bertz CT molecular complexity index is 593. The number of nitrogens with two attached hydrogens (primary N) is 1. The van der Waals surface area contributed by atoms with Gasteiger partial charge in [-0.25, -0.2) is 0 Å². The van der Waals surface area contributed by atoms with Crippen molar-refractivity contribution in [3.8, 4) is 17.2 Å². The number of primary amides is 1. The van der Waals surface area contributed by atoms with Crippen LogP contribution >= 0.6 is 0 Å². The molecule has 2 aromatic rings. The Labute approximate surface area is 105 Å². The molecule has 0 spiro atoms. The number of benzene rings is 2. The summed E-state index contributed by atoms with van der Waals surface area (Å²) in [7, 11) is 0. The van der Waals surface area contributed by atoms with Crippen molar-refractivity contribution in [1.82, 2.24) is 0 Å². The highest BCUT2D eigenvalue weighted by Gasteiger charge is 2.10. The summed E-state index contributed by atoms with van der Waals surface area (Å²) in [4.78, 5) is 11.3. The Balaban J connectivity index is 2.39. The zero-order valence-electron chi connectivity index (χ0n) is 9.88. The van der Waals surface area contributed by atoms with Crippen LogP contribution in [0.25, 0.3) is 0 Å². The Kier molecular flexibility index (Phi) is 3.19. The minimum atomic E-state index is -0.551. The summed E-state index contributed by atoms with van der Waals surface area (Å²) in [5.74, 6) is 0.377. The maximum Gasteiger partial charge on any atom is 0.252 e. The number of amides is 1. The summed E-state index contributed by atoms with van der Waals surface area (Å²) in [6.07, 6.45) is 0. The van der Waals surface area contributed by atoms with Gasteiger partial charge in [-0.3, -0.25) is 4.79 Å². The largest absolute Gasteiger partial charge is 0.508 e. The molecule has 0 heterocycles. The topological polar surface area (TPSA) is 72.6 Å². The molecule has 0 aliphatic heterocycles. The van der Waals surface area contributed by atoms with Gasteiger partial charge in [0.15, 0.2) is 0 Å². The van der Waals surface area contributed by atoms with E-state index in [0.29, 0.717) is 17.1 Å². The maximum atomic E-state index is 11.3. The van der Waals surface area contributed by atoms with Gasteiger partial charge in [0.25, 0.3) is 5.91 Å². The monoisotopic (exact) mass is 243 g/mol. The van der Waals surface area contributed by atoms with Crippen molar-refractivity contribution in [2.24, 2.45) is 5.73 Å². The molecule has 4 heteroatoms. The van der Waals surface area contributed by atoms with Gasteiger partial charge in [-0.2, -0.15) is 0 Å². The Morgan fingerprint density at radius 2 is 2.00 bits per heavy atom. The summed E-state index contributed by atoms with van der Waals surface area (Å²) < 4.78 is 5.57. The number of carbonyl (C=O) groups is 1. The zero-order valence-corrected chi connectivity index (χ0v) is 9.88. The fourth-order valence-corrected chi connectivity index (χ4v) is 1.59. The lowest BCUT2D eigenvalue weighted by molar-refractivity contribution is 0.0998. The molecule has 2 rings (SSSR count). The number of phenols is 1. The number of hydrogen-bond donors (Lipinski definition) is 2. The normalized spacial score (nSPS) is 10.1. The Morgan fingerprint density at radius 3 is 2.67 bits per heavy atom. The molecule has 0 saturated carbocycles. The second kappa shape index (κ2) is 4.79. The number of ether oxygens (including phenoxy) is 1. The second-order valence-corrected chi connectivity index (χ2v) is 3.96. The summed E-state index contributed by atoms with van der Waals surface area (Å²) in [5, 5.41) is 9.35. The molecule has 0 atom stereocenters. The van der Waals surface area contributed by atoms with Crippen molar-refractivity contribution in [1.29, 1.82) is 0 Å². The van der Waals surface area contributed by atoms with E-state index in [1.165, 1.54) is 12.1 Å². The minimum Gasteiger partial charge on any atom is -0.508 e. The molecule has 0 fully saturated rings. The van der Waals surface area contributed by atoms with Crippen molar-refractivity contribution < 1.29 is 14.6 Å². The Morgan fingerprint density at radius 1 is 1.22 bits per heavy atom. The lowest BCUT2D eigenvalue weighted by atomic mass is 10.1. The first-order chi connectivity index (χ1) is 8.56. The molecule has 1 amide bonds. The van der Waals surface area contributed by atoms with Crippen molar-refractivity contribution in [2.75, 3.05) is 0 Å². The molecule has 2 aromatic carbocycles. The lowest BCUT2D eigenvalue weighted by Gasteiger charge is -2.10. The smallest absolute Gasteiger partial charge is 0.252 e. The lowest BCUT2D eigenvalue weighted by Crippen LogP contribution is -2.12. The summed E-state index contributed by atoms with van der Waals surface area (Å²) in [6, 6.07) is 11.5. The molecular weight excluding hydrogens is 230 g/mol. The molecule has 18 heavy (non-hydrogen) atoms. The molecule has 0 saturated heterocycles.